The number of aryl methyl sites for hydroxylation is 1. The molecule has 0 unspecified atom stereocenters. The Morgan fingerprint density at radius 2 is 1.93 bits per heavy atom. The number of fused-ring (bicyclic) bond motifs is 1. The molecule has 0 radical (unpaired) electrons. The van der Waals surface area contributed by atoms with Crippen LogP contribution in [0.25, 0.3) is 16.6 Å². The zero-order chi connectivity index (χ0) is 28.6. The molecular weight excluding hydrogens is 525 g/mol. The van der Waals surface area contributed by atoms with E-state index >= 15 is 0 Å². The van der Waals surface area contributed by atoms with Gasteiger partial charge in [0.05, 0.1) is 41.4 Å². The van der Waals surface area contributed by atoms with E-state index in [1.165, 1.54) is 37.4 Å². The van der Waals surface area contributed by atoms with Gasteiger partial charge in [-0.25, -0.2) is 4.98 Å². The Hall–Kier alpha value is -4.47. The second-order valence-corrected chi connectivity index (χ2v) is 9.83. The second-order valence-electron chi connectivity index (χ2n) is 9.83. The summed E-state index contributed by atoms with van der Waals surface area (Å²) in [4.78, 5) is 40.8. The predicted molar refractivity (Wildman–Crippen MR) is 142 cm³/mol. The number of alkyl halides is 3. The molecule has 13 heteroatoms. The first-order chi connectivity index (χ1) is 19.1. The molecule has 208 valence electrons. The lowest BCUT2D eigenvalue weighted by atomic mass is 10.1. The highest BCUT2D eigenvalue weighted by atomic mass is 19.4. The summed E-state index contributed by atoms with van der Waals surface area (Å²) in [6.45, 7) is 7.15. The van der Waals surface area contributed by atoms with Crippen LogP contribution in [0.2, 0.25) is 0 Å². The molecule has 0 aliphatic carbocycles. The van der Waals surface area contributed by atoms with E-state index in [0.29, 0.717) is 37.9 Å². The number of halogens is 3. The number of amides is 1. The van der Waals surface area contributed by atoms with Gasteiger partial charge in [-0.05, 0) is 37.5 Å². The summed E-state index contributed by atoms with van der Waals surface area (Å²) in [5, 5.41) is 13.8. The molecule has 1 atom stereocenters. The number of nitrogens with zero attached hydrogens (tertiary/aromatic N) is 8. The van der Waals surface area contributed by atoms with Crippen molar-refractivity contribution in [1.82, 2.24) is 24.6 Å². The quantitative estimate of drug-likeness (QED) is 0.444. The molecule has 0 N–H and O–H groups in total. The van der Waals surface area contributed by atoms with Crippen LogP contribution in [0.15, 0.2) is 41.8 Å². The molecule has 40 heavy (non-hydrogen) atoms. The number of carbonyl (C=O) groups is 1. The molecule has 2 saturated heterocycles. The van der Waals surface area contributed by atoms with E-state index in [2.05, 4.69) is 22.7 Å². The van der Waals surface area contributed by atoms with E-state index in [-0.39, 0.29) is 41.0 Å². The van der Waals surface area contributed by atoms with Crippen molar-refractivity contribution in [2.75, 3.05) is 42.5 Å². The number of anilines is 2. The van der Waals surface area contributed by atoms with E-state index in [9.17, 15) is 28.0 Å². The van der Waals surface area contributed by atoms with Gasteiger partial charge >= 0.3 is 6.18 Å². The number of rotatable bonds is 5. The summed E-state index contributed by atoms with van der Waals surface area (Å²) in [7, 11) is 0. The van der Waals surface area contributed by atoms with Crippen LogP contribution in [-0.2, 0) is 11.0 Å². The number of aromatic nitrogens is 4. The van der Waals surface area contributed by atoms with Gasteiger partial charge in [-0.15, -0.1) is 0 Å². The average molecular weight is 553 g/mol. The van der Waals surface area contributed by atoms with Gasteiger partial charge in [-0.1, -0.05) is 18.7 Å². The normalized spacial score (nSPS) is 17.8. The molecule has 10 nitrogen and oxygen atoms in total. The molecule has 4 heterocycles. The van der Waals surface area contributed by atoms with Crippen LogP contribution >= 0.6 is 0 Å². The van der Waals surface area contributed by atoms with Gasteiger partial charge in [-0.3, -0.25) is 9.59 Å². The lowest BCUT2D eigenvalue weighted by Gasteiger charge is -2.41. The third-order valence-electron chi connectivity index (χ3n) is 7.33. The number of carbonyl (C=O) groups excluding carboxylic acids is 1. The van der Waals surface area contributed by atoms with Crippen LogP contribution in [0.5, 0.6) is 0 Å². The molecular formula is C27H27F3N8O2. The molecule has 1 aromatic carbocycles. The predicted octanol–water partition coefficient (Wildman–Crippen LogP) is 3.22. The van der Waals surface area contributed by atoms with Crippen molar-refractivity contribution in [2.45, 2.75) is 38.4 Å². The van der Waals surface area contributed by atoms with Gasteiger partial charge in [0.1, 0.15) is 11.3 Å². The van der Waals surface area contributed by atoms with E-state index in [4.69, 9.17) is 4.98 Å². The highest BCUT2D eigenvalue weighted by molar-refractivity contribution is 5.90. The molecule has 0 bridgehead atoms. The van der Waals surface area contributed by atoms with Crippen LogP contribution in [0.4, 0.5) is 24.9 Å². The van der Waals surface area contributed by atoms with E-state index in [0.717, 1.165) is 17.5 Å². The highest BCUT2D eigenvalue weighted by Gasteiger charge is 2.37. The summed E-state index contributed by atoms with van der Waals surface area (Å²) in [5.74, 6) is 0.405. The molecule has 2 fully saturated rings. The first-order valence-corrected chi connectivity index (χ1v) is 12.9. The standard InChI is InChI=1S/C27H27F3N8O2/c1-3-21(39)37-14-13-36(16-18(37)9-10-31)24-19-15-32-38(20-8-6-7-17(2)22(20)27(28,29)30)25(40)23(19)33-26(34-24)35-11-4-5-12-35/h3,6-8,15,18H,1,4-5,9,11-14,16H2,2H3/t18-/m0/s1. The van der Waals surface area contributed by atoms with E-state index in [1.807, 2.05) is 9.80 Å². The lowest BCUT2D eigenvalue weighted by molar-refractivity contribution is -0.138. The average Bonchev–Trinajstić information content (AvgIpc) is 3.47. The van der Waals surface area contributed by atoms with Crippen molar-refractivity contribution in [1.29, 1.82) is 5.26 Å². The largest absolute Gasteiger partial charge is 0.418 e. The van der Waals surface area contributed by atoms with Crippen LogP contribution in [0, 0.1) is 18.3 Å². The highest BCUT2D eigenvalue weighted by Crippen LogP contribution is 2.36. The fourth-order valence-corrected chi connectivity index (χ4v) is 5.40. The van der Waals surface area contributed by atoms with Crippen molar-refractivity contribution in [2.24, 2.45) is 0 Å². The molecule has 2 aliphatic rings. The Kier molecular flexibility index (Phi) is 7.18. The number of piperazine rings is 1. The maximum Gasteiger partial charge on any atom is 0.418 e. The van der Waals surface area contributed by atoms with Gasteiger partial charge in [0.25, 0.3) is 5.56 Å². The number of hydrogen-bond donors (Lipinski definition) is 0. The smallest absolute Gasteiger partial charge is 0.352 e. The van der Waals surface area contributed by atoms with Crippen LogP contribution in [0.3, 0.4) is 0 Å². The van der Waals surface area contributed by atoms with Gasteiger partial charge in [-0.2, -0.15) is 33.2 Å². The minimum absolute atomic E-state index is 0.0320. The van der Waals surface area contributed by atoms with Crippen LogP contribution in [-0.4, -0.2) is 69.3 Å². The maximum absolute atomic E-state index is 14.0. The van der Waals surface area contributed by atoms with E-state index in [1.54, 1.807) is 4.90 Å². The minimum Gasteiger partial charge on any atom is -0.352 e. The molecule has 0 saturated carbocycles. The third kappa shape index (κ3) is 4.85. The number of hydrogen-bond acceptors (Lipinski definition) is 8. The Balaban J connectivity index is 1.67. The number of nitriles is 1. The SMILES string of the molecule is C=CC(=O)N1CCN(c2nc(N3CCCC3)nc3c(=O)n(-c4cccc(C)c4C(F)(F)F)ncc23)C[C@@H]1CC#N. The molecule has 5 rings (SSSR count). The zero-order valence-electron chi connectivity index (χ0n) is 21.9. The van der Waals surface area contributed by atoms with Crippen molar-refractivity contribution in [3.8, 4) is 11.8 Å². The van der Waals surface area contributed by atoms with E-state index < -0.39 is 23.3 Å². The monoisotopic (exact) mass is 552 g/mol. The summed E-state index contributed by atoms with van der Waals surface area (Å²) in [5.41, 5.74) is -2.21. The van der Waals surface area contributed by atoms with Crippen molar-refractivity contribution in [3.05, 3.63) is 58.5 Å². The van der Waals surface area contributed by atoms with Gasteiger partial charge in [0, 0.05) is 32.7 Å². The topological polar surface area (TPSA) is 111 Å². The lowest BCUT2D eigenvalue weighted by Crippen LogP contribution is -2.55. The molecule has 3 aromatic rings. The maximum atomic E-state index is 14.0. The summed E-state index contributed by atoms with van der Waals surface area (Å²) >= 11 is 0. The second kappa shape index (κ2) is 10.6. The molecule has 2 aromatic heterocycles. The fraction of sp³-hybridized carbons (Fsp3) is 0.407. The Morgan fingerprint density at radius 3 is 2.60 bits per heavy atom. The molecule has 1 amide bonds. The van der Waals surface area contributed by atoms with Gasteiger partial charge < -0.3 is 14.7 Å². The Bertz CT molecular complexity index is 1570. The van der Waals surface area contributed by atoms with Crippen molar-refractivity contribution < 1.29 is 18.0 Å². The van der Waals surface area contributed by atoms with Crippen LogP contribution < -0.4 is 15.4 Å². The Labute approximate surface area is 227 Å². The minimum atomic E-state index is -4.70. The first kappa shape index (κ1) is 27.1. The number of benzene rings is 1. The van der Waals surface area contributed by atoms with Crippen LogP contribution in [0.1, 0.15) is 30.4 Å². The van der Waals surface area contributed by atoms with Gasteiger partial charge in [0.2, 0.25) is 11.9 Å². The summed E-state index contributed by atoms with van der Waals surface area (Å²) < 4.78 is 42.7. The van der Waals surface area contributed by atoms with Crippen molar-refractivity contribution >= 4 is 28.6 Å². The summed E-state index contributed by atoms with van der Waals surface area (Å²) in [6, 6.07) is 5.66. The van der Waals surface area contributed by atoms with Gasteiger partial charge in [0.15, 0.2) is 0 Å². The zero-order valence-corrected chi connectivity index (χ0v) is 21.9. The fourth-order valence-electron chi connectivity index (χ4n) is 5.40. The molecule has 2 aliphatic heterocycles. The molecule has 0 spiro atoms. The first-order valence-electron chi connectivity index (χ1n) is 12.9. The summed E-state index contributed by atoms with van der Waals surface area (Å²) in [6.07, 6.45) is -0.269. The van der Waals surface area contributed by atoms with Crippen molar-refractivity contribution in [3.63, 3.8) is 0 Å². The third-order valence-corrected chi connectivity index (χ3v) is 7.33. The Morgan fingerprint density at radius 1 is 1.18 bits per heavy atom.